The van der Waals surface area contributed by atoms with Crippen LogP contribution in [0.25, 0.3) is 16.7 Å². The number of ketones is 1. The second kappa shape index (κ2) is 11.7. The minimum absolute atomic E-state index is 0.0451. The van der Waals surface area contributed by atoms with Gasteiger partial charge in [0.1, 0.15) is 11.3 Å². The van der Waals surface area contributed by atoms with Crippen LogP contribution in [0.4, 0.5) is 8.78 Å². The average Bonchev–Trinajstić information content (AvgIpc) is 2.98. The lowest BCUT2D eigenvalue weighted by Gasteiger charge is -2.17. The number of fused-ring (bicyclic) bond motifs is 1. The summed E-state index contributed by atoms with van der Waals surface area (Å²) >= 11 is 3.48. The van der Waals surface area contributed by atoms with Gasteiger partial charge in [-0.2, -0.15) is 0 Å². The van der Waals surface area contributed by atoms with E-state index in [2.05, 4.69) is 25.9 Å². The molecule has 0 fully saturated rings. The maximum Gasteiger partial charge on any atom is 0.266 e. The van der Waals surface area contributed by atoms with E-state index in [0.717, 1.165) is 0 Å². The highest BCUT2D eigenvalue weighted by Crippen LogP contribution is 2.35. The molecule has 5 aromatic rings. The van der Waals surface area contributed by atoms with E-state index in [1.807, 2.05) is 0 Å². The number of carbonyl (C=O) groups is 1. The Morgan fingerprint density at radius 3 is 2.36 bits per heavy atom. The topological polar surface area (TPSA) is 92.5 Å². The van der Waals surface area contributed by atoms with E-state index in [1.165, 1.54) is 61.4 Å². The number of hydrogen-bond donors (Lipinski definition) is 0. The number of halogens is 3. The van der Waals surface area contributed by atoms with Crippen molar-refractivity contribution >= 4 is 32.7 Å². The second-order valence-electron chi connectivity index (χ2n) is 9.36. The first-order valence-electron chi connectivity index (χ1n) is 12.7. The Kier molecular flexibility index (Phi) is 8.04. The molecule has 3 aromatic heterocycles. The molecular formula is C31H24BrF2N3O5. The van der Waals surface area contributed by atoms with Crippen molar-refractivity contribution in [1.29, 1.82) is 0 Å². The van der Waals surface area contributed by atoms with Crippen LogP contribution in [0.1, 0.15) is 27.2 Å². The van der Waals surface area contributed by atoms with Gasteiger partial charge in [0.05, 0.1) is 25.3 Å². The van der Waals surface area contributed by atoms with E-state index in [9.17, 15) is 14.0 Å². The number of aromatic nitrogens is 3. The third-order valence-electron chi connectivity index (χ3n) is 6.74. The van der Waals surface area contributed by atoms with Gasteiger partial charge in [-0.1, -0.05) is 6.07 Å². The standard InChI is InChI=1S/C31H24BrF2N3O5/c1-16-27(31(39)37(17(2)28(16)32)20-8-6-19(33)7-9-20)23(38)14-18-5-10-24(21(34)13-18)42-25-11-12-35-22-15-26(40-3)30(41-4)36-29(22)25/h5-13,15H,14H2,1-4H3. The first-order valence-corrected chi connectivity index (χ1v) is 13.5. The predicted molar refractivity (Wildman–Crippen MR) is 156 cm³/mol. The fourth-order valence-electron chi connectivity index (χ4n) is 4.65. The molecule has 0 unspecified atom stereocenters. The van der Waals surface area contributed by atoms with Gasteiger partial charge >= 0.3 is 0 Å². The summed E-state index contributed by atoms with van der Waals surface area (Å²) in [4.78, 5) is 35.6. The molecule has 0 saturated heterocycles. The SMILES string of the molecule is COc1cc2nccc(Oc3ccc(CC(=O)c4c(C)c(Br)c(C)n(-c5ccc(F)cc5)c4=O)cc3F)c2nc1OC. The van der Waals surface area contributed by atoms with Crippen molar-refractivity contribution in [2.45, 2.75) is 20.3 Å². The number of hydrogen-bond acceptors (Lipinski definition) is 7. The first kappa shape index (κ1) is 28.9. The Labute approximate surface area is 247 Å². The van der Waals surface area contributed by atoms with Gasteiger partial charge in [-0.05, 0) is 77.3 Å². The molecule has 42 heavy (non-hydrogen) atoms. The van der Waals surface area contributed by atoms with Crippen molar-refractivity contribution in [3.05, 3.63) is 110 Å². The van der Waals surface area contributed by atoms with E-state index in [-0.39, 0.29) is 29.4 Å². The molecule has 0 saturated carbocycles. The second-order valence-corrected chi connectivity index (χ2v) is 10.2. The van der Waals surface area contributed by atoms with Crippen LogP contribution in [0.2, 0.25) is 0 Å². The number of benzene rings is 2. The minimum Gasteiger partial charge on any atom is -0.491 e. The Hall–Kier alpha value is -4.64. The molecule has 0 radical (unpaired) electrons. The summed E-state index contributed by atoms with van der Waals surface area (Å²) in [6.45, 7) is 3.38. The third-order valence-corrected chi connectivity index (χ3v) is 7.91. The van der Waals surface area contributed by atoms with Gasteiger partial charge in [-0.15, -0.1) is 0 Å². The zero-order chi connectivity index (χ0) is 30.1. The van der Waals surface area contributed by atoms with Crippen LogP contribution >= 0.6 is 15.9 Å². The van der Waals surface area contributed by atoms with Crippen LogP contribution < -0.4 is 19.8 Å². The molecule has 0 spiro atoms. The van der Waals surface area contributed by atoms with E-state index >= 15 is 4.39 Å². The summed E-state index contributed by atoms with van der Waals surface area (Å²) in [5.74, 6) is -0.907. The van der Waals surface area contributed by atoms with E-state index in [4.69, 9.17) is 14.2 Å². The molecule has 0 aliphatic rings. The lowest BCUT2D eigenvalue weighted by molar-refractivity contribution is 0.0990. The molecule has 8 nitrogen and oxygen atoms in total. The van der Waals surface area contributed by atoms with Crippen LogP contribution in [0.15, 0.2) is 70.1 Å². The number of nitrogens with zero attached hydrogens (tertiary/aromatic N) is 3. The van der Waals surface area contributed by atoms with Crippen molar-refractivity contribution in [3.63, 3.8) is 0 Å². The molecule has 0 N–H and O–H groups in total. The fraction of sp³-hybridized carbons (Fsp3) is 0.161. The van der Waals surface area contributed by atoms with Crippen molar-refractivity contribution in [2.75, 3.05) is 14.2 Å². The highest BCUT2D eigenvalue weighted by atomic mass is 79.9. The average molecular weight is 636 g/mol. The number of pyridine rings is 3. The lowest BCUT2D eigenvalue weighted by Crippen LogP contribution is -2.29. The Bertz CT molecular complexity index is 1910. The van der Waals surface area contributed by atoms with Crippen LogP contribution in [0.5, 0.6) is 23.1 Å². The number of ether oxygens (including phenoxy) is 3. The van der Waals surface area contributed by atoms with Gasteiger partial charge in [0.25, 0.3) is 11.4 Å². The summed E-state index contributed by atoms with van der Waals surface area (Å²) in [6.07, 6.45) is 1.26. The van der Waals surface area contributed by atoms with Gasteiger partial charge in [-0.3, -0.25) is 19.1 Å². The lowest BCUT2D eigenvalue weighted by atomic mass is 9.99. The molecule has 11 heteroatoms. The van der Waals surface area contributed by atoms with Gasteiger partial charge in [-0.25, -0.2) is 13.8 Å². The van der Waals surface area contributed by atoms with Crippen LogP contribution in [-0.2, 0) is 6.42 Å². The van der Waals surface area contributed by atoms with Crippen molar-refractivity contribution in [1.82, 2.24) is 14.5 Å². The molecule has 0 aliphatic heterocycles. The molecule has 214 valence electrons. The fourth-order valence-corrected chi connectivity index (χ4v) is 5.03. The molecule has 5 rings (SSSR count). The van der Waals surface area contributed by atoms with Gasteiger partial charge < -0.3 is 14.2 Å². The number of Topliss-reactive ketones (excluding diaryl/α,β-unsaturated/α-hetero) is 1. The first-order chi connectivity index (χ1) is 20.1. The summed E-state index contributed by atoms with van der Waals surface area (Å²) < 4.78 is 47.0. The third kappa shape index (κ3) is 5.35. The Balaban J connectivity index is 1.45. The smallest absolute Gasteiger partial charge is 0.266 e. The molecule has 0 bridgehead atoms. The van der Waals surface area contributed by atoms with Crippen molar-refractivity contribution < 1.29 is 27.8 Å². The normalized spacial score (nSPS) is 11.0. The minimum atomic E-state index is -0.712. The Morgan fingerprint density at radius 2 is 1.69 bits per heavy atom. The van der Waals surface area contributed by atoms with E-state index in [1.54, 1.807) is 32.0 Å². The number of carbonyl (C=O) groups excluding carboxylic acids is 1. The van der Waals surface area contributed by atoms with Crippen molar-refractivity contribution in [2.24, 2.45) is 0 Å². The molecule has 2 aromatic carbocycles. The summed E-state index contributed by atoms with van der Waals surface area (Å²) in [5, 5.41) is 0. The van der Waals surface area contributed by atoms with E-state index < -0.39 is 23.0 Å². The van der Waals surface area contributed by atoms with E-state index in [0.29, 0.717) is 43.8 Å². The molecule has 0 aliphatic carbocycles. The van der Waals surface area contributed by atoms with Gasteiger partial charge in [0, 0.05) is 40.6 Å². The summed E-state index contributed by atoms with van der Waals surface area (Å²) in [5.41, 5.74) is 1.98. The molecule has 0 amide bonds. The molecule has 3 heterocycles. The van der Waals surface area contributed by atoms with Gasteiger partial charge in [0.2, 0.25) is 0 Å². The zero-order valence-corrected chi connectivity index (χ0v) is 24.6. The monoisotopic (exact) mass is 635 g/mol. The number of methoxy groups -OCH3 is 2. The largest absolute Gasteiger partial charge is 0.491 e. The highest BCUT2D eigenvalue weighted by Gasteiger charge is 2.23. The van der Waals surface area contributed by atoms with Crippen LogP contribution in [0, 0.1) is 25.5 Å². The number of rotatable bonds is 8. The molecular weight excluding hydrogens is 612 g/mol. The summed E-state index contributed by atoms with van der Waals surface area (Å²) in [6, 6.07) is 12.7. The maximum absolute atomic E-state index is 15.2. The summed E-state index contributed by atoms with van der Waals surface area (Å²) in [7, 11) is 2.93. The Morgan fingerprint density at radius 1 is 0.952 bits per heavy atom. The predicted octanol–water partition coefficient (Wildman–Crippen LogP) is 6.67. The molecule has 0 atom stereocenters. The zero-order valence-electron chi connectivity index (χ0n) is 23.0. The van der Waals surface area contributed by atoms with Crippen molar-refractivity contribution in [3.8, 4) is 28.8 Å². The quantitative estimate of drug-likeness (QED) is 0.176. The highest BCUT2D eigenvalue weighted by molar-refractivity contribution is 9.10. The van der Waals surface area contributed by atoms with Gasteiger partial charge in [0.15, 0.2) is 28.8 Å². The van der Waals surface area contributed by atoms with Crippen LogP contribution in [0.3, 0.4) is 0 Å². The maximum atomic E-state index is 15.2. The van der Waals surface area contributed by atoms with Crippen LogP contribution in [-0.4, -0.2) is 34.5 Å².